The maximum Gasteiger partial charge on any atom is 0.397 e. The highest BCUT2D eigenvalue weighted by Crippen LogP contribution is 2.45. The molecule has 4 aromatic rings. The lowest BCUT2D eigenvalue weighted by atomic mass is 9.94. The van der Waals surface area contributed by atoms with Crippen LogP contribution in [-0.4, -0.2) is 53.3 Å². The Bertz CT molecular complexity index is 1380. The lowest BCUT2D eigenvalue weighted by molar-refractivity contribution is -0.153. The minimum absolute atomic E-state index is 0.0195. The second-order valence-corrected chi connectivity index (χ2v) is 7.85. The van der Waals surface area contributed by atoms with Gasteiger partial charge in [0.15, 0.2) is 11.5 Å². The number of aryl methyl sites for hydroxylation is 1. The van der Waals surface area contributed by atoms with Gasteiger partial charge in [0.05, 0.1) is 46.3 Å². The summed E-state index contributed by atoms with van der Waals surface area (Å²) in [6.07, 6.45) is 0.769. The van der Waals surface area contributed by atoms with Crippen LogP contribution in [0.25, 0.3) is 22.6 Å². The average molecular weight is 478 g/mol. The summed E-state index contributed by atoms with van der Waals surface area (Å²) in [5.74, 6) is -1.55. The number of hydrogen-bond acceptors (Lipinski definition) is 6. The molecule has 170 valence electrons. The highest BCUT2D eigenvalue weighted by Gasteiger charge is 2.47. The van der Waals surface area contributed by atoms with E-state index in [1.165, 1.54) is 29.6 Å². The number of primary amides is 1. The second-order valence-electron chi connectivity index (χ2n) is 7.45. The molecule has 0 aliphatic carbocycles. The normalized spacial score (nSPS) is 16.3. The predicted molar refractivity (Wildman–Crippen MR) is 111 cm³/mol. The minimum Gasteiger partial charge on any atom is -0.351 e. The quantitative estimate of drug-likeness (QED) is 0.473. The van der Waals surface area contributed by atoms with Gasteiger partial charge >= 0.3 is 12.2 Å². The summed E-state index contributed by atoms with van der Waals surface area (Å²) in [5.41, 5.74) is 6.73. The zero-order valence-electron chi connectivity index (χ0n) is 17.0. The van der Waals surface area contributed by atoms with Crippen molar-refractivity contribution in [2.75, 3.05) is 11.4 Å². The number of carbonyl (C=O) groups excluding carboxylic acids is 1. The SMILES string of the molecule is Cc1nn2c3c(cnc2c1-c1cnc(-n2nccn2)c(Cl)c1)N(C(N)=O)CCC3C(F)(F)F. The summed E-state index contributed by atoms with van der Waals surface area (Å²) < 4.78 is 42.8. The molecule has 2 amide bonds. The van der Waals surface area contributed by atoms with E-state index in [0.717, 1.165) is 9.42 Å². The molecule has 0 fully saturated rings. The Morgan fingerprint density at radius 3 is 2.58 bits per heavy atom. The molecule has 1 atom stereocenters. The van der Waals surface area contributed by atoms with Gasteiger partial charge in [0.1, 0.15) is 5.92 Å². The van der Waals surface area contributed by atoms with E-state index in [9.17, 15) is 18.0 Å². The molecule has 4 aromatic heterocycles. The molecule has 0 saturated carbocycles. The van der Waals surface area contributed by atoms with Crippen LogP contribution in [0.3, 0.4) is 0 Å². The van der Waals surface area contributed by atoms with Crippen LogP contribution in [0.1, 0.15) is 23.7 Å². The summed E-state index contributed by atoms with van der Waals surface area (Å²) >= 11 is 6.38. The number of nitrogens with two attached hydrogens (primary N) is 1. The summed E-state index contributed by atoms with van der Waals surface area (Å²) in [6.45, 7) is 1.47. The number of halogens is 4. The van der Waals surface area contributed by atoms with Crippen molar-refractivity contribution in [1.29, 1.82) is 0 Å². The highest BCUT2D eigenvalue weighted by molar-refractivity contribution is 6.32. The number of alkyl halides is 3. The Kier molecular flexibility index (Phi) is 4.74. The molecular formula is C19H15ClF3N9O. The van der Waals surface area contributed by atoms with Crippen LogP contribution >= 0.6 is 11.6 Å². The fraction of sp³-hybridized carbons (Fsp3) is 0.263. The first-order valence-corrected chi connectivity index (χ1v) is 10.1. The summed E-state index contributed by atoms with van der Waals surface area (Å²) in [5, 5.41) is 12.5. The Balaban J connectivity index is 1.71. The van der Waals surface area contributed by atoms with Crippen molar-refractivity contribution in [2.45, 2.75) is 25.4 Å². The third-order valence-electron chi connectivity index (χ3n) is 5.48. The number of urea groups is 1. The second kappa shape index (κ2) is 7.40. The number of anilines is 1. The van der Waals surface area contributed by atoms with Gasteiger partial charge in [-0.3, -0.25) is 4.90 Å². The van der Waals surface area contributed by atoms with Crippen molar-refractivity contribution in [1.82, 2.24) is 34.6 Å². The van der Waals surface area contributed by atoms with Crippen LogP contribution in [0.15, 0.2) is 30.9 Å². The van der Waals surface area contributed by atoms with E-state index < -0.39 is 18.1 Å². The minimum atomic E-state index is -4.55. The lowest BCUT2D eigenvalue weighted by Crippen LogP contribution is -2.43. The van der Waals surface area contributed by atoms with Gasteiger partial charge in [-0.15, -0.1) is 4.80 Å². The first-order chi connectivity index (χ1) is 15.7. The molecule has 0 spiro atoms. The van der Waals surface area contributed by atoms with Gasteiger partial charge in [-0.1, -0.05) is 11.6 Å². The standard InChI is InChI=1S/C19H15ClF3N9O/c1-9-14(10-6-12(20)16(25-7-10)32-27-3-4-28-32)17-26-8-13-15(31(17)29-9)11(19(21,22)23)2-5-30(13)18(24)33/h3-4,6-8,11H,2,5H2,1H3,(H2,24,33). The average Bonchev–Trinajstić information content (AvgIpc) is 3.39. The monoisotopic (exact) mass is 477 g/mol. The van der Waals surface area contributed by atoms with Gasteiger partial charge < -0.3 is 5.73 Å². The third-order valence-corrected chi connectivity index (χ3v) is 5.76. The number of carbonyl (C=O) groups is 1. The molecule has 33 heavy (non-hydrogen) atoms. The number of aromatic nitrogens is 7. The van der Waals surface area contributed by atoms with E-state index in [4.69, 9.17) is 17.3 Å². The van der Waals surface area contributed by atoms with Crippen LogP contribution in [0, 0.1) is 6.92 Å². The molecule has 0 radical (unpaired) electrons. The van der Waals surface area contributed by atoms with E-state index >= 15 is 0 Å². The Labute approximate surface area is 188 Å². The van der Waals surface area contributed by atoms with Gasteiger partial charge in [-0.25, -0.2) is 19.3 Å². The summed E-state index contributed by atoms with van der Waals surface area (Å²) in [6, 6.07) is 0.732. The number of pyridine rings is 1. The molecule has 5 heterocycles. The zero-order chi connectivity index (χ0) is 23.5. The van der Waals surface area contributed by atoms with Crippen molar-refractivity contribution in [3.63, 3.8) is 0 Å². The van der Waals surface area contributed by atoms with Crippen molar-refractivity contribution in [3.05, 3.63) is 47.3 Å². The van der Waals surface area contributed by atoms with Crippen molar-refractivity contribution < 1.29 is 18.0 Å². The molecule has 0 aromatic carbocycles. The fourth-order valence-corrected chi connectivity index (χ4v) is 4.32. The Hall–Kier alpha value is -3.74. The van der Waals surface area contributed by atoms with Crippen LogP contribution < -0.4 is 10.6 Å². The number of nitrogens with zero attached hydrogens (tertiary/aromatic N) is 8. The van der Waals surface area contributed by atoms with Crippen molar-refractivity contribution in [3.8, 4) is 16.9 Å². The molecule has 1 unspecified atom stereocenters. The van der Waals surface area contributed by atoms with Gasteiger partial charge in [-0.2, -0.15) is 28.5 Å². The topological polar surface area (TPSA) is 120 Å². The molecule has 1 aliphatic heterocycles. The number of hydrogen-bond donors (Lipinski definition) is 1. The third kappa shape index (κ3) is 3.35. The van der Waals surface area contributed by atoms with E-state index in [1.807, 2.05) is 0 Å². The first kappa shape index (κ1) is 21.1. The van der Waals surface area contributed by atoms with Gasteiger partial charge in [-0.05, 0) is 19.4 Å². The smallest absolute Gasteiger partial charge is 0.351 e. The lowest BCUT2D eigenvalue weighted by Gasteiger charge is -2.33. The van der Waals surface area contributed by atoms with Gasteiger partial charge in [0.2, 0.25) is 0 Å². The largest absolute Gasteiger partial charge is 0.397 e. The van der Waals surface area contributed by atoms with Gasteiger partial charge in [0, 0.05) is 18.3 Å². The fourth-order valence-electron chi connectivity index (χ4n) is 4.07. The molecule has 0 bridgehead atoms. The molecule has 14 heteroatoms. The molecular weight excluding hydrogens is 463 g/mol. The zero-order valence-corrected chi connectivity index (χ0v) is 17.7. The Morgan fingerprint density at radius 1 is 1.21 bits per heavy atom. The number of amides is 2. The van der Waals surface area contributed by atoms with E-state index in [1.54, 1.807) is 13.0 Å². The van der Waals surface area contributed by atoms with E-state index in [0.29, 0.717) is 22.6 Å². The van der Waals surface area contributed by atoms with E-state index in [-0.39, 0.29) is 35.0 Å². The predicted octanol–water partition coefficient (Wildman–Crippen LogP) is 3.27. The van der Waals surface area contributed by atoms with E-state index in [2.05, 4.69) is 25.3 Å². The van der Waals surface area contributed by atoms with Gasteiger partial charge in [0.25, 0.3) is 0 Å². The maximum atomic E-state index is 13.9. The van der Waals surface area contributed by atoms with Crippen LogP contribution in [0.2, 0.25) is 5.02 Å². The highest BCUT2D eigenvalue weighted by atomic mass is 35.5. The first-order valence-electron chi connectivity index (χ1n) is 9.71. The summed E-state index contributed by atoms with van der Waals surface area (Å²) in [4.78, 5) is 22.8. The summed E-state index contributed by atoms with van der Waals surface area (Å²) in [7, 11) is 0. The molecule has 0 saturated heterocycles. The van der Waals surface area contributed by atoms with Crippen molar-refractivity contribution >= 4 is 29.0 Å². The molecule has 10 nitrogen and oxygen atoms in total. The maximum absolute atomic E-state index is 13.9. The van der Waals surface area contributed by atoms with Crippen molar-refractivity contribution in [2.24, 2.45) is 5.73 Å². The Morgan fingerprint density at radius 2 is 1.94 bits per heavy atom. The van der Waals surface area contributed by atoms with Crippen LogP contribution in [0.4, 0.5) is 23.7 Å². The molecule has 1 aliphatic rings. The number of rotatable bonds is 2. The molecule has 5 rings (SSSR count). The number of fused-ring (bicyclic) bond motifs is 3. The van der Waals surface area contributed by atoms with Crippen LogP contribution in [0.5, 0.6) is 0 Å². The molecule has 2 N–H and O–H groups in total. The van der Waals surface area contributed by atoms with Crippen LogP contribution in [-0.2, 0) is 0 Å².